The SMILES string of the molecule is CCCCC(NC(=O)CN(Cc1cccnc1)c1ccccc1)C(=O)O. The van der Waals surface area contributed by atoms with Crippen LogP contribution in [0.1, 0.15) is 31.7 Å². The molecule has 2 N–H and O–H groups in total. The molecule has 0 aliphatic heterocycles. The lowest BCUT2D eigenvalue weighted by Crippen LogP contribution is -2.45. The molecule has 1 aromatic carbocycles. The Balaban J connectivity index is 2.08. The number of carbonyl (C=O) groups is 2. The van der Waals surface area contributed by atoms with Crippen LogP contribution in [0.5, 0.6) is 0 Å². The van der Waals surface area contributed by atoms with Crippen molar-refractivity contribution >= 4 is 17.6 Å². The summed E-state index contributed by atoms with van der Waals surface area (Å²) in [6.07, 6.45) is 5.54. The van der Waals surface area contributed by atoms with E-state index in [9.17, 15) is 14.7 Å². The molecule has 6 nitrogen and oxygen atoms in total. The fourth-order valence-corrected chi connectivity index (χ4v) is 2.67. The van der Waals surface area contributed by atoms with Crippen LogP contribution in [-0.2, 0) is 16.1 Å². The van der Waals surface area contributed by atoms with E-state index in [4.69, 9.17) is 0 Å². The van der Waals surface area contributed by atoms with E-state index in [0.717, 1.165) is 24.1 Å². The van der Waals surface area contributed by atoms with Gasteiger partial charge in [-0.1, -0.05) is 44.0 Å². The van der Waals surface area contributed by atoms with Crippen LogP contribution in [0.25, 0.3) is 0 Å². The number of hydrogen-bond donors (Lipinski definition) is 2. The summed E-state index contributed by atoms with van der Waals surface area (Å²) >= 11 is 0. The average Bonchev–Trinajstić information content (AvgIpc) is 2.66. The fraction of sp³-hybridized carbons (Fsp3) is 0.350. The molecule has 1 heterocycles. The van der Waals surface area contributed by atoms with Gasteiger partial charge in [0.15, 0.2) is 0 Å². The first-order chi connectivity index (χ1) is 12.6. The number of hydrogen-bond acceptors (Lipinski definition) is 4. The largest absolute Gasteiger partial charge is 0.480 e. The number of carbonyl (C=O) groups excluding carboxylic acids is 1. The first-order valence-electron chi connectivity index (χ1n) is 8.81. The third kappa shape index (κ3) is 6.20. The molecule has 2 rings (SSSR count). The molecule has 0 saturated carbocycles. The second kappa shape index (κ2) is 10.2. The third-order valence-electron chi connectivity index (χ3n) is 4.03. The lowest BCUT2D eigenvalue weighted by atomic mass is 10.1. The average molecular weight is 355 g/mol. The van der Waals surface area contributed by atoms with E-state index >= 15 is 0 Å². The van der Waals surface area contributed by atoms with E-state index < -0.39 is 12.0 Å². The standard InChI is InChI=1S/C20H25N3O3/c1-2-3-11-18(20(25)26)22-19(24)15-23(17-9-5-4-6-10-17)14-16-8-7-12-21-13-16/h4-10,12-13,18H,2-3,11,14-15H2,1H3,(H,22,24)(H,25,26). The van der Waals surface area contributed by atoms with Crippen LogP contribution in [0.3, 0.4) is 0 Å². The summed E-state index contributed by atoms with van der Waals surface area (Å²) in [5.41, 5.74) is 1.87. The molecule has 0 spiro atoms. The molecular weight excluding hydrogens is 330 g/mol. The van der Waals surface area contributed by atoms with E-state index in [-0.39, 0.29) is 12.5 Å². The molecular formula is C20H25N3O3. The molecule has 0 radical (unpaired) electrons. The van der Waals surface area contributed by atoms with Crippen LogP contribution >= 0.6 is 0 Å². The van der Waals surface area contributed by atoms with E-state index in [2.05, 4.69) is 10.3 Å². The molecule has 6 heteroatoms. The minimum absolute atomic E-state index is 0.0782. The maximum Gasteiger partial charge on any atom is 0.326 e. The molecule has 1 aromatic heterocycles. The Hall–Kier alpha value is -2.89. The van der Waals surface area contributed by atoms with Crippen LogP contribution < -0.4 is 10.2 Å². The summed E-state index contributed by atoms with van der Waals surface area (Å²) in [5.74, 6) is -1.30. The number of pyridine rings is 1. The highest BCUT2D eigenvalue weighted by Crippen LogP contribution is 2.16. The quantitative estimate of drug-likeness (QED) is 0.685. The van der Waals surface area contributed by atoms with Gasteiger partial charge in [-0.3, -0.25) is 9.78 Å². The predicted octanol–water partition coefficient (Wildman–Crippen LogP) is 2.85. The number of unbranched alkanes of at least 4 members (excludes halogenated alkanes) is 1. The summed E-state index contributed by atoms with van der Waals surface area (Å²) in [5, 5.41) is 11.9. The molecule has 1 amide bonds. The zero-order chi connectivity index (χ0) is 18.8. The Morgan fingerprint density at radius 3 is 2.58 bits per heavy atom. The molecule has 26 heavy (non-hydrogen) atoms. The molecule has 138 valence electrons. The van der Waals surface area contributed by atoms with Gasteiger partial charge in [-0.2, -0.15) is 0 Å². The van der Waals surface area contributed by atoms with Crippen molar-refractivity contribution in [1.82, 2.24) is 10.3 Å². The second-order valence-electron chi connectivity index (χ2n) is 6.15. The Kier molecular flexibility index (Phi) is 7.61. The van der Waals surface area contributed by atoms with Crippen molar-refractivity contribution in [3.05, 3.63) is 60.4 Å². The minimum Gasteiger partial charge on any atom is -0.480 e. The van der Waals surface area contributed by atoms with E-state index in [1.54, 1.807) is 12.4 Å². The smallest absolute Gasteiger partial charge is 0.326 e. The number of aliphatic carboxylic acids is 1. The van der Waals surface area contributed by atoms with Gasteiger partial charge < -0.3 is 15.3 Å². The molecule has 0 aliphatic rings. The van der Waals surface area contributed by atoms with Gasteiger partial charge in [-0.25, -0.2) is 4.79 Å². The first-order valence-corrected chi connectivity index (χ1v) is 8.81. The maximum absolute atomic E-state index is 12.5. The highest BCUT2D eigenvalue weighted by Gasteiger charge is 2.21. The number of anilines is 1. The fourth-order valence-electron chi connectivity index (χ4n) is 2.67. The third-order valence-corrected chi connectivity index (χ3v) is 4.03. The number of amides is 1. The summed E-state index contributed by atoms with van der Waals surface area (Å²) < 4.78 is 0. The van der Waals surface area contributed by atoms with Crippen LogP contribution in [0, 0.1) is 0 Å². The van der Waals surface area contributed by atoms with Crippen molar-refractivity contribution in [2.24, 2.45) is 0 Å². The Bertz CT molecular complexity index is 692. The number of aromatic nitrogens is 1. The Morgan fingerprint density at radius 2 is 1.96 bits per heavy atom. The lowest BCUT2D eigenvalue weighted by Gasteiger charge is -2.25. The minimum atomic E-state index is -0.995. The summed E-state index contributed by atoms with van der Waals surface area (Å²) in [4.78, 5) is 29.8. The molecule has 2 aromatic rings. The maximum atomic E-state index is 12.5. The first kappa shape index (κ1) is 19.4. The van der Waals surface area contributed by atoms with Gasteiger partial charge in [0.25, 0.3) is 0 Å². The number of nitrogens with zero attached hydrogens (tertiary/aromatic N) is 2. The van der Waals surface area contributed by atoms with Gasteiger partial charge >= 0.3 is 5.97 Å². The number of carboxylic acid groups (broad SMARTS) is 1. The van der Waals surface area contributed by atoms with Crippen LogP contribution in [0.15, 0.2) is 54.9 Å². The van der Waals surface area contributed by atoms with Gasteiger partial charge in [0, 0.05) is 24.6 Å². The second-order valence-corrected chi connectivity index (χ2v) is 6.15. The topological polar surface area (TPSA) is 82.5 Å². The van der Waals surface area contributed by atoms with Gasteiger partial charge in [-0.05, 0) is 30.2 Å². The number of nitrogens with one attached hydrogen (secondary N) is 1. The van der Waals surface area contributed by atoms with E-state index in [1.165, 1.54) is 0 Å². The molecule has 1 atom stereocenters. The number of rotatable bonds is 10. The molecule has 0 bridgehead atoms. The summed E-state index contributed by atoms with van der Waals surface area (Å²) in [6, 6.07) is 12.5. The monoisotopic (exact) mass is 355 g/mol. The Labute approximate surface area is 153 Å². The summed E-state index contributed by atoms with van der Waals surface area (Å²) in [7, 11) is 0. The highest BCUT2D eigenvalue weighted by molar-refractivity contribution is 5.86. The van der Waals surface area contributed by atoms with Crippen molar-refractivity contribution < 1.29 is 14.7 Å². The van der Waals surface area contributed by atoms with E-state index in [0.29, 0.717) is 13.0 Å². The van der Waals surface area contributed by atoms with Crippen molar-refractivity contribution in [3.63, 3.8) is 0 Å². The number of para-hydroxylation sites is 1. The zero-order valence-corrected chi connectivity index (χ0v) is 15.0. The van der Waals surface area contributed by atoms with Crippen LogP contribution in [-0.4, -0.2) is 34.6 Å². The highest BCUT2D eigenvalue weighted by atomic mass is 16.4. The normalized spacial score (nSPS) is 11.6. The van der Waals surface area contributed by atoms with Gasteiger partial charge in [0.1, 0.15) is 6.04 Å². The van der Waals surface area contributed by atoms with Crippen LogP contribution in [0.2, 0.25) is 0 Å². The predicted molar refractivity (Wildman–Crippen MR) is 101 cm³/mol. The number of carboxylic acids is 1. The molecule has 0 aliphatic carbocycles. The van der Waals surface area contributed by atoms with Crippen molar-refractivity contribution in [1.29, 1.82) is 0 Å². The van der Waals surface area contributed by atoms with Gasteiger partial charge in [-0.15, -0.1) is 0 Å². The lowest BCUT2D eigenvalue weighted by molar-refractivity contribution is -0.141. The van der Waals surface area contributed by atoms with E-state index in [1.807, 2.05) is 54.3 Å². The Morgan fingerprint density at radius 1 is 1.19 bits per heavy atom. The number of benzene rings is 1. The van der Waals surface area contributed by atoms with Crippen molar-refractivity contribution in [2.45, 2.75) is 38.8 Å². The zero-order valence-electron chi connectivity index (χ0n) is 15.0. The van der Waals surface area contributed by atoms with Gasteiger partial charge in [0.2, 0.25) is 5.91 Å². The molecule has 0 saturated heterocycles. The summed E-state index contributed by atoms with van der Waals surface area (Å²) in [6.45, 7) is 2.58. The van der Waals surface area contributed by atoms with Crippen LogP contribution in [0.4, 0.5) is 5.69 Å². The molecule has 0 fully saturated rings. The van der Waals surface area contributed by atoms with Gasteiger partial charge in [0.05, 0.1) is 6.54 Å². The molecule has 1 unspecified atom stereocenters. The van der Waals surface area contributed by atoms with Crippen molar-refractivity contribution in [3.8, 4) is 0 Å². The van der Waals surface area contributed by atoms with Crippen molar-refractivity contribution in [2.75, 3.05) is 11.4 Å².